The van der Waals surface area contributed by atoms with Gasteiger partial charge in [-0.15, -0.1) is 0 Å². The highest BCUT2D eigenvalue weighted by atomic mass is 16.6. The first-order valence-electron chi connectivity index (χ1n) is 13.8. The number of aliphatic imine (C=N–C) groups is 2. The summed E-state index contributed by atoms with van der Waals surface area (Å²) in [7, 11) is 0. The maximum atomic E-state index is 13.5. The van der Waals surface area contributed by atoms with Crippen LogP contribution in [0.1, 0.15) is 0 Å². The molecule has 22 nitrogen and oxygen atoms in total. The van der Waals surface area contributed by atoms with Gasteiger partial charge in [0.2, 0.25) is 17.7 Å². The topological polar surface area (TPSA) is 359 Å². The number of nitrogens with two attached hydrogens (primary N) is 2. The molecule has 0 bridgehead atoms. The van der Waals surface area contributed by atoms with Gasteiger partial charge in [0.25, 0.3) is 0 Å². The Morgan fingerprint density at radius 3 is 2.24 bits per heavy atom. The first-order valence-corrected chi connectivity index (χ1v) is 13.8. The van der Waals surface area contributed by atoms with E-state index in [2.05, 4.69) is 36.6 Å². The minimum absolute atomic E-state index is 0.0762. The van der Waals surface area contributed by atoms with Crippen LogP contribution in [-0.2, 0) is 23.9 Å². The molecule has 0 aromatic carbocycles. The van der Waals surface area contributed by atoms with Crippen molar-refractivity contribution >= 4 is 35.9 Å². The quantitative estimate of drug-likeness (QED) is 0.0733. The Hall–Kier alpha value is -3.74. The van der Waals surface area contributed by atoms with E-state index in [1.165, 1.54) is 0 Å². The predicted molar refractivity (Wildman–Crippen MR) is 149 cm³/mol. The van der Waals surface area contributed by atoms with E-state index in [0.717, 1.165) is 4.90 Å². The zero-order chi connectivity index (χ0) is 33.4. The second-order valence-corrected chi connectivity index (χ2v) is 10.4. The van der Waals surface area contributed by atoms with Crippen molar-refractivity contribution in [1.82, 2.24) is 31.5 Å². The predicted octanol–water partition coefficient (Wildman–Crippen LogP) is -10.4. The first-order chi connectivity index (χ1) is 21.4. The van der Waals surface area contributed by atoms with Gasteiger partial charge in [-0.1, -0.05) is 0 Å². The summed E-state index contributed by atoms with van der Waals surface area (Å²) in [5.74, 6) is -3.45. The molecule has 16 N–H and O–H groups in total. The molecule has 3 aliphatic heterocycles. The lowest BCUT2D eigenvalue weighted by molar-refractivity contribution is -0.260. The molecular weight excluding hydrogens is 608 g/mol. The zero-order valence-corrected chi connectivity index (χ0v) is 23.8. The van der Waals surface area contributed by atoms with Crippen molar-refractivity contribution in [2.45, 2.75) is 67.1 Å². The molecule has 11 atom stereocenters. The van der Waals surface area contributed by atoms with Crippen molar-refractivity contribution in [3.8, 4) is 0 Å². The van der Waals surface area contributed by atoms with Gasteiger partial charge in [0.1, 0.15) is 61.1 Å². The lowest BCUT2D eigenvalue weighted by atomic mass is 9.95. The number of guanidine groups is 2. The Morgan fingerprint density at radius 2 is 1.67 bits per heavy atom. The Balaban J connectivity index is 1.89. The molecule has 0 aromatic heterocycles. The van der Waals surface area contributed by atoms with Crippen LogP contribution in [0.4, 0.5) is 0 Å². The summed E-state index contributed by atoms with van der Waals surface area (Å²) in [5.41, 5.74) is 11.6. The molecule has 22 heteroatoms. The van der Waals surface area contributed by atoms with Crippen LogP contribution in [0.2, 0.25) is 0 Å². The van der Waals surface area contributed by atoms with Gasteiger partial charge in [-0.2, -0.15) is 0 Å². The highest BCUT2D eigenvalue weighted by molar-refractivity contribution is 5.94. The van der Waals surface area contributed by atoms with Gasteiger partial charge in [-0.25, -0.2) is 4.99 Å². The maximum Gasteiger partial charge on any atom is 0.246 e. The molecule has 3 unspecified atom stereocenters. The van der Waals surface area contributed by atoms with Gasteiger partial charge in [-0.3, -0.25) is 24.7 Å². The lowest BCUT2D eigenvalue weighted by Gasteiger charge is -2.46. The molecule has 0 radical (unpaired) electrons. The number of rotatable bonds is 15. The Labute approximate surface area is 255 Å². The summed E-state index contributed by atoms with van der Waals surface area (Å²) in [6, 6.07) is -6.35. The molecule has 3 aliphatic rings. The van der Waals surface area contributed by atoms with Gasteiger partial charge in [-0.05, 0) is 0 Å². The molecule has 0 saturated carbocycles. The third kappa shape index (κ3) is 8.30. The monoisotopic (exact) mass is 648 g/mol. The van der Waals surface area contributed by atoms with Crippen molar-refractivity contribution in [3.63, 3.8) is 0 Å². The molecule has 3 rings (SSSR count). The Bertz CT molecular complexity index is 1130. The summed E-state index contributed by atoms with van der Waals surface area (Å²) in [4.78, 5) is 58.7. The summed E-state index contributed by atoms with van der Waals surface area (Å²) >= 11 is 0. The van der Waals surface area contributed by atoms with Crippen LogP contribution >= 0.6 is 0 Å². The average Bonchev–Trinajstić information content (AvgIpc) is 3.62. The van der Waals surface area contributed by atoms with Crippen LogP contribution in [0.25, 0.3) is 0 Å². The molecule has 1 saturated heterocycles. The average molecular weight is 649 g/mol. The van der Waals surface area contributed by atoms with Gasteiger partial charge in [0.05, 0.1) is 45.5 Å². The normalized spacial score (nSPS) is 30.6. The number of nitrogens with one attached hydrogen (secondary N) is 5. The summed E-state index contributed by atoms with van der Waals surface area (Å²) in [6.45, 7) is -3.21. The zero-order valence-electron chi connectivity index (χ0n) is 23.8. The van der Waals surface area contributed by atoms with E-state index in [1.54, 1.807) is 0 Å². The van der Waals surface area contributed by atoms with E-state index in [9.17, 15) is 54.9 Å². The SMILES string of the molecule is NC1=NCC(N[C@@H](CO)C(=O)N[C@@H](C(=O)N[C@@H](CO)C(=O)NCC=O)C(O)C2CN=C(N)N2[C@H]2O[C@H](CO)[C@@H](O)[C@H](O)[C@@H]2O)N1. The van der Waals surface area contributed by atoms with Crippen molar-refractivity contribution in [1.29, 1.82) is 0 Å². The molecular formula is C23H40N10O12. The van der Waals surface area contributed by atoms with Crippen molar-refractivity contribution in [3.05, 3.63) is 0 Å². The fourth-order valence-electron chi connectivity index (χ4n) is 4.94. The number of amides is 3. The first kappa shape index (κ1) is 35.7. The molecule has 0 aliphatic carbocycles. The largest absolute Gasteiger partial charge is 0.394 e. The van der Waals surface area contributed by atoms with E-state index < -0.39 is 111 Å². The van der Waals surface area contributed by atoms with Crippen LogP contribution in [0.15, 0.2) is 9.98 Å². The number of carbonyl (C=O) groups is 4. The van der Waals surface area contributed by atoms with E-state index in [0.29, 0.717) is 6.29 Å². The lowest BCUT2D eigenvalue weighted by Crippen LogP contribution is -2.69. The van der Waals surface area contributed by atoms with E-state index >= 15 is 0 Å². The number of carbonyl (C=O) groups excluding carboxylic acids is 4. The van der Waals surface area contributed by atoms with Crippen LogP contribution in [-0.4, -0.2) is 183 Å². The van der Waals surface area contributed by atoms with Gasteiger partial charge < -0.3 is 82.9 Å². The van der Waals surface area contributed by atoms with Crippen molar-refractivity contribution in [2.24, 2.45) is 21.5 Å². The number of hydrogen-bond donors (Lipinski definition) is 14. The van der Waals surface area contributed by atoms with Crippen LogP contribution in [0, 0.1) is 0 Å². The van der Waals surface area contributed by atoms with E-state index in [1.807, 2.05) is 0 Å². The Kier molecular flexibility index (Phi) is 12.7. The van der Waals surface area contributed by atoms with Gasteiger partial charge in [0.15, 0.2) is 18.1 Å². The molecule has 45 heavy (non-hydrogen) atoms. The molecule has 254 valence electrons. The minimum Gasteiger partial charge on any atom is -0.394 e. The van der Waals surface area contributed by atoms with Crippen LogP contribution in [0.3, 0.4) is 0 Å². The van der Waals surface area contributed by atoms with E-state index in [-0.39, 0.29) is 25.0 Å². The van der Waals surface area contributed by atoms with Crippen LogP contribution < -0.4 is 38.1 Å². The number of nitrogens with zero attached hydrogens (tertiary/aromatic N) is 3. The number of ether oxygens (including phenoxy) is 1. The minimum atomic E-state index is -1.98. The van der Waals surface area contributed by atoms with Crippen LogP contribution in [0.5, 0.6) is 0 Å². The molecule has 3 heterocycles. The molecule has 0 spiro atoms. The number of hydrogen-bond acceptors (Lipinski definition) is 19. The van der Waals surface area contributed by atoms with Crippen molar-refractivity contribution < 1.29 is 59.7 Å². The second kappa shape index (κ2) is 16.0. The molecule has 0 aromatic rings. The van der Waals surface area contributed by atoms with E-state index in [4.69, 9.17) is 16.2 Å². The van der Waals surface area contributed by atoms with Gasteiger partial charge in [0, 0.05) is 0 Å². The number of aldehydes is 1. The molecule has 1 fully saturated rings. The number of aliphatic hydroxyl groups excluding tert-OH is 7. The highest BCUT2D eigenvalue weighted by Crippen LogP contribution is 2.28. The standard InChI is InChI=1S/C23H40N10O12/c24-22-27-4-12(31-22)29-9(6-36)19(43)32-13(20(44)30-8(5-35)18(42)26-1-2-34)14(38)10-3-28-23(25)33(10)21-17(41)16(40)15(39)11(7-37)45-21/h2,8-17,21,29,35-41H,1,3-7H2,(H2,25,28)(H,26,42)(H,30,44)(H,32,43)(H3,24,27,31)/t8-,9-,10?,11+,12?,13+,14?,15+,16-,17-,21-/m0/s1. The third-order valence-corrected chi connectivity index (χ3v) is 7.36. The number of aliphatic hydroxyl groups is 7. The fourth-order valence-corrected chi connectivity index (χ4v) is 4.94. The summed E-state index contributed by atoms with van der Waals surface area (Å²) < 4.78 is 5.55. The second-order valence-electron chi connectivity index (χ2n) is 10.4. The third-order valence-electron chi connectivity index (χ3n) is 7.36. The maximum absolute atomic E-state index is 13.5. The fraction of sp³-hybridized carbons (Fsp3) is 0.739. The smallest absolute Gasteiger partial charge is 0.246 e. The highest BCUT2D eigenvalue weighted by Gasteiger charge is 2.51. The Morgan fingerprint density at radius 1 is 0.978 bits per heavy atom. The van der Waals surface area contributed by atoms with Gasteiger partial charge >= 0.3 is 0 Å². The molecule has 3 amide bonds. The summed E-state index contributed by atoms with van der Waals surface area (Å²) in [5, 5.41) is 83.9. The summed E-state index contributed by atoms with van der Waals surface area (Å²) in [6.07, 6.45) is -10.7. The van der Waals surface area contributed by atoms with Crippen molar-refractivity contribution in [2.75, 3.05) is 39.5 Å².